The molecule has 0 saturated carbocycles. The number of amides is 1. The second-order valence-corrected chi connectivity index (χ2v) is 4.48. The van der Waals surface area contributed by atoms with Gasteiger partial charge in [0.15, 0.2) is 0 Å². The first kappa shape index (κ1) is 15.2. The van der Waals surface area contributed by atoms with Crippen LogP contribution in [0.15, 0.2) is 18.3 Å². The van der Waals surface area contributed by atoms with Gasteiger partial charge in [0.25, 0.3) is 5.91 Å². The number of carbonyl (C=O) groups excluding carboxylic acids is 2. The molecule has 1 fully saturated rings. The van der Waals surface area contributed by atoms with E-state index in [9.17, 15) is 9.59 Å². The lowest BCUT2D eigenvalue weighted by molar-refractivity contribution is -0.141. The van der Waals surface area contributed by atoms with E-state index in [4.69, 9.17) is 14.2 Å². The number of aromatic nitrogens is 1. The summed E-state index contributed by atoms with van der Waals surface area (Å²) in [5, 5.41) is 2.46. The van der Waals surface area contributed by atoms with E-state index in [0.29, 0.717) is 24.7 Å². The first-order valence-electron chi connectivity index (χ1n) is 6.83. The monoisotopic (exact) mass is 294 g/mol. The zero-order valence-electron chi connectivity index (χ0n) is 11.8. The van der Waals surface area contributed by atoms with Crippen LogP contribution in [-0.2, 0) is 14.3 Å². The number of rotatable bonds is 6. The highest BCUT2D eigenvalue weighted by molar-refractivity contribution is 5.95. The van der Waals surface area contributed by atoms with E-state index >= 15 is 0 Å². The quantitative estimate of drug-likeness (QED) is 0.771. The van der Waals surface area contributed by atoms with E-state index in [1.165, 1.54) is 6.20 Å². The number of nitrogens with one attached hydrogen (secondary N) is 1. The highest BCUT2D eigenvalue weighted by atomic mass is 16.5. The van der Waals surface area contributed by atoms with E-state index in [1.807, 2.05) is 0 Å². The fourth-order valence-electron chi connectivity index (χ4n) is 1.83. The summed E-state index contributed by atoms with van der Waals surface area (Å²) in [5.41, 5.74) is 0.356. The van der Waals surface area contributed by atoms with Crippen molar-refractivity contribution in [3.63, 3.8) is 0 Å². The Morgan fingerprint density at radius 2 is 2.33 bits per heavy atom. The van der Waals surface area contributed by atoms with Crippen molar-refractivity contribution >= 4 is 11.9 Å². The Balaban J connectivity index is 1.83. The van der Waals surface area contributed by atoms with Crippen molar-refractivity contribution < 1.29 is 23.8 Å². The molecule has 1 saturated heterocycles. The third kappa shape index (κ3) is 4.71. The van der Waals surface area contributed by atoms with Crippen LogP contribution in [0, 0.1) is 0 Å². The van der Waals surface area contributed by atoms with Crippen molar-refractivity contribution in [3.05, 3.63) is 23.9 Å². The number of hydrogen-bond acceptors (Lipinski definition) is 6. The van der Waals surface area contributed by atoms with Gasteiger partial charge in [-0.15, -0.1) is 0 Å². The highest BCUT2D eigenvalue weighted by Gasteiger charge is 2.18. The van der Waals surface area contributed by atoms with Gasteiger partial charge in [-0.3, -0.25) is 9.59 Å². The topological polar surface area (TPSA) is 86.8 Å². The van der Waals surface area contributed by atoms with Crippen molar-refractivity contribution in [3.8, 4) is 5.88 Å². The summed E-state index contributed by atoms with van der Waals surface area (Å²) in [5.74, 6) is -0.404. The van der Waals surface area contributed by atoms with Crippen LogP contribution >= 0.6 is 0 Å². The largest absolute Gasteiger partial charge is 0.472 e. The summed E-state index contributed by atoms with van der Waals surface area (Å²) in [7, 11) is 0. The minimum absolute atomic E-state index is 0.0148. The maximum absolute atomic E-state index is 11.8. The fraction of sp³-hybridized carbons (Fsp3) is 0.500. The molecule has 21 heavy (non-hydrogen) atoms. The molecule has 0 spiro atoms. The van der Waals surface area contributed by atoms with Gasteiger partial charge >= 0.3 is 5.97 Å². The molecular weight excluding hydrogens is 276 g/mol. The van der Waals surface area contributed by atoms with E-state index < -0.39 is 5.97 Å². The van der Waals surface area contributed by atoms with Crippen LogP contribution in [-0.4, -0.2) is 49.3 Å². The average Bonchev–Trinajstić information content (AvgIpc) is 2.99. The summed E-state index contributed by atoms with van der Waals surface area (Å²) in [6, 6.07) is 3.22. The van der Waals surface area contributed by atoms with Gasteiger partial charge in [-0.1, -0.05) is 0 Å². The average molecular weight is 294 g/mol. The summed E-state index contributed by atoms with van der Waals surface area (Å²) in [4.78, 5) is 27.0. The summed E-state index contributed by atoms with van der Waals surface area (Å²) in [6.45, 7) is 3.08. The van der Waals surface area contributed by atoms with Gasteiger partial charge in [-0.2, -0.15) is 0 Å². The molecular formula is C14H18N2O5. The smallest absolute Gasteiger partial charge is 0.325 e. The Morgan fingerprint density at radius 1 is 1.48 bits per heavy atom. The van der Waals surface area contributed by atoms with Crippen molar-refractivity contribution in [1.82, 2.24) is 10.3 Å². The van der Waals surface area contributed by atoms with Crippen molar-refractivity contribution in [2.24, 2.45) is 0 Å². The Hall–Kier alpha value is -2.15. The van der Waals surface area contributed by atoms with Gasteiger partial charge in [0, 0.05) is 18.7 Å². The zero-order valence-corrected chi connectivity index (χ0v) is 11.8. The van der Waals surface area contributed by atoms with Gasteiger partial charge in [-0.05, 0) is 13.0 Å². The minimum atomic E-state index is -0.472. The van der Waals surface area contributed by atoms with Crippen LogP contribution < -0.4 is 10.1 Å². The van der Waals surface area contributed by atoms with Crippen LogP contribution in [0.2, 0.25) is 0 Å². The first-order chi connectivity index (χ1) is 10.2. The molecule has 0 unspecified atom stereocenters. The summed E-state index contributed by atoms with van der Waals surface area (Å²) in [6.07, 6.45) is 2.26. The molecule has 0 aromatic carbocycles. The third-order valence-corrected chi connectivity index (χ3v) is 2.87. The number of pyridine rings is 1. The lowest BCUT2D eigenvalue weighted by atomic mass is 10.2. The molecule has 0 bridgehead atoms. The Morgan fingerprint density at radius 3 is 2.95 bits per heavy atom. The molecule has 1 aliphatic rings. The van der Waals surface area contributed by atoms with Gasteiger partial charge in [0.2, 0.25) is 5.88 Å². The molecule has 1 aromatic rings. The standard InChI is InChI=1S/C14H18N2O5/c1-2-20-13(17)8-16-14(18)10-3-4-12(15-7-10)21-11-5-6-19-9-11/h3-4,7,11H,2,5-6,8-9H2,1H3,(H,16,18)/t11-/m1/s1. The number of esters is 1. The van der Waals surface area contributed by atoms with E-state index in [2.05, 4.69) is 10.3 Å². The molecule has 1 aromatic heterocycles. The fourth-order valence-corrected chi connectivity index (χ4v) is 1.83. The van der Waals surface area contributed by atoms with Crippen LogP contribution in [0.4, 0.5) is 0 Å². The van der Waals surface area contributed by atoms with Gasteiger partial charge < -0.3 is 19.5 Å². The maximum atomic E-state index is 11.8. The Bertz CT molecular complexity index is 483. The predicted molar refractivity (Wildman–Crippen MR) is 73.1 cm³/mol. The minimum Gasteiger partial charge on any atom is -0.472 e. The lowest BCUT2D eigenvalue weighted by Crippen LogP contribution is -2.30. The van der Waals surface area contributed by atoms with E-state index in [-0.39, 0.29) is 25.2 Å². The van der Waals surface area contributed by atoms with Gasteiger partial charge in [-0.25, -0.2) is 4.98 Å². The Kier molecular flexibility index (Phi) is 5.51. The molecule has 114 valence electrons. The van der Waals surface area contributed by atoms with Gasteiger partial charge in [0.1, 0.15) is 12.6 Å². The third-order valence-electron chi connectivity index (χ3n) is 2.87. The molecule has 0 aliphatic carbocycles. The van der Waals surface area contributed by atoms with Crippen molar-refractivity contribution in [2.75, 3.05) is 26.4 Å². The predicted octanol–water partition coefficient (Wildman–Crippen LogP) is 0.542. The second-order valence-electron chi connectivity index (χ2n) is 4.48. The normalized spacial score (nSPS) is 17.3. The summed E-state index contributed by atoms with van der Waals surface area (Å²) < 4.78 is 15.5. The summed E-state index contributed by atoms with van der Waals surface area (Å²) >= 11 is 0. The highest BCUT2D eigenvalue weighted by Crippen LogP contribution is 2.14. The van der Waals surface area contributed by atoms with Gasteiger partial charge in [0.05, 0.1) is 25.4 Å². The SMILES string of the molecule is CCOC(=O)CNC(=O)c1ccc(O[C@@H]2CCOC2)nc1. The number of ether oxygens (including phenoxy) is 3. The van der Waals surface area contributed by atoms with Crippen LogP contribution in [0.5, 0.6) is 5.88 Å². The Labute approximate surface area is 122 Å². The van der Waals surface area contributed by atoms with Crippen molar-refractivity contribution in [1.29, 1.82) is 0 Å². The second kappa shape index (κ2) is 7.58. The maximum Gasteiger partial charge on any atom is 0.325 e. The molecule has 0 radical (unpaired) electrons. The zero-order chi connectivity index (χ0) is 15.1. The molecule has 7 heteroatoms. The van der Waals surface area contributed by atoms with Crippen molar-refractivity contribution in [2.45, 2.75) is 19.4 Å². The molecule has 7 nitrogen and oxygen atoms in total. The number of nitrogens with zero attached hydrogens (tertiary/aromatic N) is 1. The van der Waals surface area contributed by atoms with Crippen LogP contribution in [0.3, 0.4) is 0 Å². The number of hydrogen-bond donors (Lipinski definition) is 1. The molecule has 1 N–H and O–H groups in total. The van der Waals surface area contributed by atoms with Crippen LogP contribution in [0.1, 0.15) is 23.7 Å². The molecule has 1 atom stereocenters. The molecule has 2 rings (SSSR count). The number of carbonyl (C=O) groups is 2. The van der Waals surface area contributed by atoms with E-state index in [0.717, 1.165) is 6.42 Å². The molecule has 2 heterocycles. The lowest BCUT2D eigenvalue weighted by Gasteiger charge is -2.10. The molecule has 1 aliphatic heterocycles. The molecule has 1 amide bonds. The first-order valence-corrected chi connectivity index (χ1v) is 6.83. The van der Waals surface area contributed by atoms with Crippen LogP contribution in [0.25, 0.3) is 0 Å². The van der Waals surface area contributed by atoms with E-state index in [1.54, 1.807) is 19.1 Å².